The maximum Gasteiger partial charge on any atom is 0.166 e. The lowest BCUT2D eigenvalue weighted by Gasteiger charge is -2.17. The number of hydrogen-bond donors (Lipinski definition) is 0. The number of carbonyl (C=O) groups excluding carboxylic acids is 1. The Morgan fingerprint density at radius 2 is 1.06 bits per heavy atom. The molecule has 0 amide bonds. The van der Waals surface area contributed by atoms with Gasteiger partial charge in [0.1, 0.15) is 12.4 Å². The molecular formula is C29H26O2. The summed E-state index contributed by atoms with van der Waals surface area (Å²) >= 11 is 0. The molecule has 4 aromatic rings. The number of carbonyl (C=O) groups is 1. The van der Waals surface area contributed by atoms with Gasteiger partial charge in [-0.1, -0.05) is 103 Å². The van der Waals surface area contributed by atoms with Gasteiger partial charge in [-0.05, 0) is 41.7 Å². The van der Waals surface area contributed by atoms with E-state index in [1.807, 2.05) is 91.0 Å². The maximum atomic E-state index is 13.4. The van der Waals surface area contributed by atoms with Crippen LogP contribution in [0.5, 0.6) is 5.75 Å². The monoisotopic (exact) mass is 406 g/mol. The molecular weight excluding hydrogens is 380 g/mol. The molecule has 0 aliphatic heterocycles. The molecule has 0 unspecified atom stereocenters. The van der Waals surface area contributed by atoms with Gasteiger partial charge in [0, 0.05) is 11.5 Å². The van der Waals surface area contributed by atoms with E-state index in [2.05, 4.69) is 24.3 Å². The predicted molar refractivity (Wildman–Crippen MR) is 125 cm³/mol. The SMILES string of the molecule is O=C(c1ccc(COc2ccccc2)cc1)C(Cc1ccccc1)Cc1ccccc1. The number of para-hydroxylation sites is 1. The van der Waals surface area contributed by atoms with Gasteiger partial charge < -0.3 is 4.74 Å². The van der Waals surface area contributed by atoms with Crippen LogP contribution in [0.15, 0.2) is 115 Å². The van der Waals surface area contributed by atoms with Crippen molar-refractivity contribution >= 4 is 5.78 Å². The molecule has 0 spiro atoms. The Hall–Kier alpha value is -3.65. The molecule has 4 rings (SSSR count). The lowest BCUT2D eigenvalue weighted by molar-refractivity contribution is 0.0918. The molecule has 0 bridgehead atoms. The highest BCUT2D eigenvalue weighted by molar-refractivity contribution is 5.98. The highest BCUT2D eigenvalue weighted by Crippen LogP contribution is 2.21. The van der Waals surface area contributed by atoms with E-state index in [1.54, 1.807) is 0 Å². The second kappa shape index (κ2) is 10.4. The summed E-state index contributed by atoms with van der Waals surface area (Å²) < 4.78 is 5.81. The Balaban J connectivity index is 1.47. The molecule has 154 valence electrons. The zero-order valence-electron chi connectivity index (χ0n) is 17.5. The van der Waals surface area contributed by atoms with Crippen molar-refractivity contribution < 1.29 is 9.53 Å². The molecule has 2 nitrogen and oxygen atoms in total. The number of Topliss-reactive ketones (excluding diaryl/α,β-unsaturated/α-hetero) is 1. The summed E-state index contributed by atoms with van der Waals surface area (Å²) in [5, 5.41) is 0. The lowest BCUT2D eigenvalue weighted by Crippen LogP contribution is -2.20. The van der Waals surface area contributed by atoms with E-state index < -0.39 is 0 Å². The zero-order chi connectivity index (χ0) is 21.3. The van der Waals surface area contributed by atoms with E-state index in [4.69, 9.17) is 4.74 Å². The summed E-state index contributed by atoms with van der Waals surface area (Å²) in [4.78, 5) is 13.4. The van der Waals surface area contributed by atoms with Crippen LogP contribution >= 0.6 is 0 Å². The highest BCUT2D eigenvalue weighted by Gasteiger charge is 2.21. The van der Waals surface area contributed by atoms with Crippen LogP contribution in [0, 0.1) is 5.92 Å². The Bertz CT molecular complexity index is 1030. The minimum atomic E-state index is -0.101. The Morgan fingerprint density at radius 3 is 1.58 bits per heavy atom. The van der Waals surface area contributed by atoms with Crippen molar-refractivity contribution in [2.45, 2.75) is 19.4 Å². The van der Waals surface area contributed by atoms with Crippen molar-refractivity contribution in [3.05, 3.63) is 138 Å². The Kier molecular flexibility index (Phi) is 6.92. The van der Waals surface area contributed by atoms with Crippen molar-refractivity contribution in [2.24, 2.45) is 5.92 Å². The van der Waals surface area contributed by atoms with E-state index in [9.17, 15) is 4.79 Å². The molecule has 2 heteroatoms. The van der Waals surface area contributed by atoms with E-state index in [0.717, 1.165) is 29.7 Å². The lowest BCUT2D eigenvalue weighted by atomic mass is 9.86. The topological polar surface area (TPSA) is 26.3 Å². The van der Waals surface area contributed by atoms with Crippen LogP contribution in [-0.2, 0) is 19.4 Å². The molecule has 0 radical (unpaired) electrons. The van der Waals surface area contributed by atoms with Crippen LogP contribution in [0.25, 0.3) is 0 Å². The van der Waals surface area contributed by atoms with Crippen LogP contribution in [0.2, 0.25) is 0 Å². The molecule has 0 saturated heterocycles. The van der Waals surface area contributed by atoms with Gasteiger partial charge in [-0.3, -0.25) is 4.79 Å². The Morgan fingerprint density at radius 1 is 0.581 bits per heavy atom. The van der Waals surface area contributed by atoms with Crippen LogP contribution in [0.3, 0.4) is 0 Å². The Labute approximate surface area is 184 Å². The third kappa shape index (κ3) is 5.93. The second-order valence-corrected chi connectivity index (χ2v) is 7.74. The van der Waals surface area contributed by atoms with Gasteiger partial charge in [-0.15, -0.1) is 0 Å². The zero-order valence-corrected chi connectivity index (χ0v) is 17.5. The maximum absolute atomic E-state index is 13.4. The molecule has 0 N–H and O–H groups in total. The van der Waals surface area contributed by atoms with Crippen molar-refractivity contribution in [3.63, 3.8) is 0 Å². The van der Waals surface area contributed by atoms with E-state index in [1.165, 1.54) is 11.1 Å². The van der Waals surface area contributed by atoms with Crippen molar-refractivity contribution in [3.8, 4) is 5.75 Å². The van der Waals surface area contributed by atoms with Crippen molar-refractivity contribution in [1.82, 2.24) is 0 Å². The summed E-state index contributed by atoms with van der Waals surface area (Å²) in [6, 6.07) is 38.1. The number of rotatable bonds is 9. The quantitative estimate of drug-likeness (QED) is 0.295. The number of ether oxygens (including phenoxy) is 1. The van der Waals surface area contributed by atoms with Gasteiger partial charge in [-0.25, -0.2) is 0 Å². The van der Waals surface area contributed by atoms with E-state index in [0.29, 0.717) is 6.61 Å². The number of hydrogen-bond acceptors (Lipinski definition) is 2. The van der Waals surface area contributed by atoms with E-state index >= 15 is 0 Å². The average Bonchev–Trinajstić information content (AvgIpc) is 2.84. The molecule has 0 saturated carbocycles. The van der Waals surface area contributed by atoms with Gasteiger partial charge in [0.05, 0.1) is 0 Å². The molecule has 4 aromatic carbocycles. The van der Waals surface area contributed by atoms with E-state index in [-0.39, 0.29) is 11.7 Å². The minimum absolute atomic E-state index is 0.101. The molecule has 0 fully saturated rings. The van der Waals surface area contributed by atoms with Crippen LogP contribution in [0.1, 0.15) is 27.0 Å². The molecule has 0 aliphatic rings. The first-order valence-electron chi connectivity index (χ1n) is 10.7. The summed E-state index contributed by atoms with van der Waals surface area (Å²) in [5.41, 5.74) is 4.16. The molecule has 0 aromatic heterocycles. The number of ketones is 1. The third-order valence-corrected chi connectivity index (χ3v) is 5.41. The molecule has 0 atom stereocenters. The highest BCUT2D eigenvalue weighted by atomic mass is 16.5. The predicted octanol–water partition coefficient (Wildman–Crippen LogP) is 6.55. The average molecular weight is 407 g/mol. The van der Waals surface area contributed by atoms with Gasteiger partial charge in [0.15, 0.2) is 5.78 Å². The normalized spacial score (nSPS) is 10.7. The summed E-state index contributed by atoms with van der Waals surface area (Å²) in [6.07, 6.45) is 1.46. The summed E-state index contributed by atoms with van der Waals surface area (Å²) in [7, 11) is 0. The first kappa shape index (κ1) is 20.6. The fourth-order valence-corrected chi connectivity index (χ4v) is 3.74. The standard InChI is InChI=1S/C29H26O2/c30-29(26-18-16-25(17-19-26)22-31-28-14-8-3-9-15-28)27(20-23-10-4-1-5-11-23)21-24-12-6-2-7-13-24/h1-19,27H,20-22H2. The fraction of sp³-hybridized carbons (Fsp3) is 0.138. The van der Waals surface area contributed by atoms with Crippen molar-refractivity contribution in [2.75, 3.05) is 0 Å². The molecule has 31 heavy (non-hydrogen) atoms. The molecule has 0 aliphatic carbocycles. The minimum Gasteiger partial charge on any atom is -0.489 e. The summed E-state index contributed by atoms with van der Waals surface area (Å²) in [6.45, 7) is 0.482. The van der Waals surface area contributed by atoms with Gasteiger partial charge in [0.25, 0.3) is 0 Å². The molecule has 0 heterocycles. The van der Waals surface area contributed by atoms with Crippen LogP contribution in [0.4, 0.5) is 0 Å². The van der Waals surface area contributed by atoms with Gasteiger partial charge in [-0.2, -0.15) is 0 Å². The fourth-order valence-electron chi connectivity index (χ4n) is 3.74. The second-order valence-electron chi connectivity index (χ2n) is 7.74. The van der Waals surface area contributed by atoms with Crippen LogP contribution < -0.4 is 4.74 Å². The number of benzene rings is 4. The smallest absolute Gasteiger partial charge is 0.166 e. The van der Waals surface area contributed by atoms with Crippen LogP contribution in [-0.4, -0.2) is 5.78 Å². The van der Waals surface area contributed by atoms with Gasteiger partial charge >= 0.3 is 0 Å². The van der Waals surface area contributed by atoms with Gasteiger partial charge in [0.2, 0.25) is 0 Å². The van der Waals surface area contributed by atoms with Crippen molar-refractivity contribution in [1.29, 1.82) is 0 Å². The third-order valence-electron chi connectivity index (χ3n) is 5.41. The first-order chi connectivity index (χ1) is 15.3. The first-order valence-corrected chi connectivity index (χ1v) is 10.7. The summed E-state index contributed by atoms with van der Waals surface area (Å²) in [5.74, 6) is 0.924. The largest absolute Gasteiger partial charge is 0.489 e.